The molecule has 2 unspecified atom stereocenters. The maximum absolute atomic E-state index is 12.5. The fraction of sp³-hybridized carbons (Fsp3) is 0.435. The number of hydrogen-bond acceptors (Lipinski definition) is 5. The third-order valence-corrected chi connectivity index (χ3v) is 7.18. The first kappa shape index (κ1) is 24.8. The first-order valence-electron chi connectivity index (χ1n) is 9.92. The lowest BCUT2D eigenvalue weighted by Crippen LogP contribution is -2.34. The van der Waals surface area contributed by atoms with Crippen LogP contribution in [0.15, 0.2) is 54.6 Å². The van der Waals surface area contributed by atoms with Crippen molar-refractivity contribution in [3.8, 4) is 0 Å². The van der Waals surface area contributed by atoms with Crippen LogP contribution in [0.25, 0.3) is 0 Å². The van der Waals surface area contributed by atoms with Crippen LogP contribution in [-0.4, -0.2) is 28.1 Å². The van der Waals surface area contributed by atoms with Gasteiger partial charge < -0.3 is 4.74 Å². The molecule has 0 bridgehead atoms. The molecular formula is C23H29IO5S. The highest BCUT2D eigenvalue weighted by Gasteiger charge is 2.36. The second kappa shape index (κ2) is 11.2. The molecule has 0 amide bonds. The van der Waals surface area contributed by atoms with Crippen LogP contribution in [-0.2, 0) is 35.0 Å². The third kappa shape index (κ3) is 7.35. The van der Waals surface area contributed by atoms with Crippen molar-refractivity contribution < 1.29 is 22.1 Å². The molecule has 0 fully saturated rings. The molecule has 2 aromatic carbocycles. The first-order valence-corrected chi connectivity index (χ1v) is 12.6. The summed E-state index contributed by atoms with van der Waals surface area (Å²) in [6, 6.07) is 16.9. The van der Waals surface area contributed by atoms with E-state index >= 15 is 0 Å². The largest absolute Gasteiger partial charge is 0.468 e. The van der Waals surface area contributed by atoms with Crippen molar-refractivity contribution in [2.75, 3.05) is 13.7 Å². The van der Waals surface area contributed by atoms with Gasteiger partial charge in [-0.25, -0.2) is 0 Å². The van der Waals surface area contributed by atoms with E-state index in [9.17, 15) is 13.2 Å². The molecule has 0 heterocycles. The molecule has 30 heavy (non-hydrogen) atoms. The summed E-state index contributed by atoms with van der Waals surface area (Å²) in [5.41, 5.74) is 0.886. The van der Waals surface area contributed by atoms with E-state index in [0.717, 1.165) is 15.6 Å². The molecule has 0 spiro atoms. The predicted molar refractivity (Wildman–Crippen MR) is 127 cm³/mol. The van der Waals surface area contributed by atoms with Crippen molar-refractivity contribution in [2.45, 2.75) is 44.3 Å². The Labute approximate surface area is 193 Å². The van der Waals surface area contributed by atoms with Crippen LogP contribution < -0.4 is 0 Å². The van der Waals surface area contributed by atoms with E-state index in [-0.39, 0.29) is 24.2 Å². The first-order chi connectivity index (χ1) is 14.2. The van der Waals surface area contributed by atoms with Gasteiger partial charge >= 0.3 is 5.97 Å². The fourth-order valence-corrected chi connectivity index (χ4v) is 4.87. The lowest BCUT2D eigenvalue weighted by Gasteiger charge is -2.28. The van der Waals surface area contributed by atoms with Gasteiger partial charge in [-0.3, -0.25) is 8.98 Å². The van der Waals surface area contributed by atoms with E-state index in [2.05, 4.69) is 22.6 Å². The highest BCUT2D eigenvalue weighted by molar-refractivity contribution is 14.1. The minimum absolute atomic E-state index is 0.130. The second-order valence-corrected chi connectivity index (χ2v) is 10.7. The summed E-state index contributed by atoms with van der Waals surface area (Å²) in [7, 11) is -2.21. The van der Waals surface area contributed by atoms with Crippen LogP contribution in [0.1, 0.15) is 44.2 Å². The number of hydrogen-bond donors (Lipinski definition) is 0. The van der Waals surface area contributed by atoms with Gasteiger partial charge in [0.25, 0.3) is 10.1 Å². The smallest absolute Gasteiger partial charge is 0.315 e. The van der Waals surface area contributed by atoms with Gasteiger partial charge in [0.15, 0.2) is 0 Å². The Morgan fingerprint density at radius 1 is 1.10 bits per heavy atom. The Hall–Kier alpha value is -1.45. The van der Waals surface area contributed by atoms with Gasteiger partial charge in [-0.15, -0.1) is 0 Å². The van der Waals surface area contributed by atoms with Gasteiger partial charge in [0, 0.05) is 3.57 Å². The van der Waals surface area contributed by atoms with Crippen LogP contribution in [0.5, 0.6) is 0 Å². The van der Waals surface area contributed by atoms with Gasteiger partial charge in [0.05, 0.1) is 19.1 Å². The molecule has 164 valence electrons. The maximum Gasteiger partial charge on any atom is 0.315 e. The molecule has 7 heteroatoms. The van der Waals surface area contributed by atoms with Crippen LogP contribution in [0, 0.1) is 9.49 Å². The summed E-state index contributed by atoms with van der Waals surface area (Å²) >= 11 is 2.23. The van der Waals surface area contributed by atoms with Gasteiger partial charge in [-0.1, -0.05) is 49.4 Å². The number of carbonyl (C=O) groups is 1. The quantitative estimate of drug-likeness (QED) is 0.224. The normalized spacial score (nSPS) is 14.7. The second-order valence-electron chi connectivity index (χ2n) is 7.78. The Bertz CT molecular complexity index is 930. The van der Waals surface area contributed by atoms with E-state index in [0.29, 0.717) is 18.4 Å². The molecule has 2 aromatic rings. The molecule has 0 aliphatic heterocycles. The summed E-state index contributed by atoms with van der Waals surface area (Å²) in [5, 5.41) is 0. The molecule has 5 nitrogen and oxygen atoms in total. The Kier molecular flexibility index (Phi) is 9.31. The number of benzene rings is 2. The van der Waals surface area contributed by atoms with Gasteiger partial charge in [-0.05, 0) is 78.0 Å². The molecule has 0 aliphatic rings. The lowest BCUT2D eigenvalue weighted by atomic mass is 9.77. The van der Waals surface area contributed by atoms with Crippen molar-refractivity contribution in [3.63, 3.8) is 0 Å². The van der Waals surface area contributed by atoms with Gasteiger partial charge in [-0.2, -0.15) is 8.42 Å². The van der Waals surface area contributed by atoms with Crippen molar-refractivity contribution in [2.24, 2.45) is 5.92 Å². The number of halogens is 1. The molecule has 0 radical (unpaired) electrons. The number of rotatable bonds is 11. The molecular weight excluding hydrogens is 515 g/mol. The standard InChI is InChI=1S/C23H29IO5S/c1-18(13-15-29-30(26,27)17-19-8-5-4-6-9-19)12-14-23(2,22(25)28-3)20-10-7-11-21(24)16-20/h4-11,16,18H,12-15,17H2,1-3H3. The van der Waals surface area contributed by atoms with Crippen molar-refractivity contribution in [3.05, 3.63) is 69.3 Å². The van der Waals surface area contributed by atoms with Gasteiger partial charge in [0.1, 0.15) is 5.75 Å². The fourth-order valence-electron chi connectivity index (χ4n) is 3.30. The monoisotopic (exact) mass is 544 g/mol. The number of ether oxygens (including phenoxy) is 1. The zero-order chi connectivity index (χ0) is 22.2. The summed E-state index contributed by atoms with van der Waals surface area (Å²) in [4.78, 5) is 12.5. The number of carbonyl (C=O) groups excluding carboxylic acids is 1. The molecule has 0 saturated carbocycles. The minimum Gasteiger partial charge on any atom is -0.468 e. The Morgan fingerprint density at radius 2 is 1.80 bits per heavy atom. The van der Waals surface area contributed by atoms with E-state index in [1.54, 1.807) is 24.3 Å². The lowest BCUT2D eigenvalue weighted by molar-refractivity contribution is -0.147. The molecule has 0 N–H and O–H groups in total. The van der Waals surface area contributed by atoms with Crippen LogP contribution in [0.4, 0.5) is 0 Å². The predicted octanol–water partition coefficient (Wildman–Crippen LogP) is 5.07. The number of methoxy groups -OCH3 is 1. The zero-order valence-corrected chi connectivity index (χ0v) is 20.6. The van der Waals surface area contributed by atoms with Crippen molar-refractivity contribution in [1.82, 2.24) is 0 Å². The molecule has 2 rings (SSSR count). The van der Waals surface area contributed by atoms with E-state index in [1.165, 1.54) is 7.11 Å². The summed E-state index contributed by atoms with van der Waals surface area (Å²) < 4.78 is 35.6. The van der Waals surface area contributed by atoms with Crippen molar-refractivity contribution in [1.29, 1.82) is 0 Å². The highest BCUT2D eigenvalue weighted by Crippen LogP contribution is 2.33. The molecule has 0 aliphatic carbocycles. The molecule has 2 atom stereocenters. The van der Waals surface area contributed by atoms with E-state index in [4.69, 9.17) is 8.92 Å². The molecule has 0 aromatic heterocycles. The average Bonchev–Trinajstić information content (AvgIpc) is 2.71. The van der Waals surface area contributed by atoms with Crippen LogP contribution in [0.2, 0.25) is 0 Å². The Balaban J connectivity index is 1.90. The summed E-state index contributed by atoms with van der Waals surface area (Å²) in [5.74, 6) is -0.197. The van der Waals surface area contributed by atoms with Crippen LogP contribution >= 0.6 is 22.6 Å². The summed E-state index contributed by atoms with van der Waals surface area (Å²) in [6.45, 7) is 4.08. The zero-order valence-electron chi connectivity index (χ0n) is 17.6. The van der Waals surface area contributed by atoms with E-state index < -0.39 is 15.5 Å². The SMILES string of the molecule is COC(=O)C(C)(CCC(C)CCOS(=O)(=O)Cc1ccccc1)c1cccc(I)c1. The van der Waals surface area contributed by atoms with E-state index in [1.807, 2.05) is 44.2 Å². The Morgan fingerprint density at radius 3 is 2.43 bits per heavy atom. The number of esters is 1. The topological polar surface area (TPSA) is 69.7 Å². The molecule has 0 saturated heterocycles. The third-order valence-electron chi connectivity index (χ3n) is 5.29. The average molecular weight is 544 g/mol. The maximum atomic E-state index is 12.5. The summed E-state index contributed by atoms with van der Waals surface area (Å²) in [6.07, 6.45) is 1.95. The van der Waals surface area contributed by atoms with Gasteiger partial charge in [0.2, 0.25) is 0 Å². The minimum atomic E-state index is -3.61. The van der Waals surface area contributed by atoms with Crippen LogP contribution in [0.3, 0.4) is 0 Å². The highest BCUT2D eigenvalue weighted by atomic mass is 127. The van der Waals surface area contributed by atoms with Crippen molar-refractivity contribution >= 4 is 38.7 Å².